The number of unbranched alkanes of at least 4 members (excludes halogenated alkanes) is 1. The molecule has 1 N–H and O–H groups in total. The van der Waals surface area contributed by atoms with Crippen LogP contribution in [0.2, 0.25) is 0 Å². The molecule has 1 aliphatic rings. The third-order valence-corrected chi connectivity index (χ3v) is 5.10. The highest BCUT2D eigenvalue weighted by molar-refractivity contribution is 14.0. The van der Waals surface area contributed by atoms with Gasteiger partial charge < -0.3 is 24.8 Å². The van der Waals surface area contributed by atoms with Crippen molar-refractivity contribution in [2.45, 2.75) is 65.9 Å². The summed E-state index contributed by atoms with van der Waals surface area (Å²) in [5.41, 5.74) is -0.479. The van der Waals surface area contributed by atoms with E-state index in [9.17, 15) is 9.59 Å². The second-order valence-electron chi connectivity index (χ2n) is 9.16. The number of hydrogen-bond donors (Lipinski definition) is 1. The molecule has 1 saturated heterocycles. The van der Waals surface area contributed by atoms with Crippen LogP contribution in [-0.4, -0.2) is 91.6 Å². The van der Waals surface area contributed by atoms with Crippen LogP contribution in [0.15, 0.2) is 4.99 Å². The summed E-state index contributed by atoms with van der Waals surface area (Å²) in [6.45, 7) is 13.9. The van der Waals surface area contributed by atoms with Crippen molar-refractivity contribution >= 4 is 41.9 Å². The Morgan fingerprint density at radius 3 is 2.26 bits per heavy atom. The first-order chi connectivity index (χ1) is 14.1. The number of guanidine groups is 1. The number of carbonyl (C=O) groups is 2. The van der Waals surface area contributed by atoms with Crippen LogP contribution < -0.4 is 5.32 Å². The average Bonchev–Trinajstić information content (AvgIpc) is 2.67. The minimum atomic E-state index is -0.479. The molecule has 0 aromatic heterocycles. The van der Waals surface area contributed by atoms with Gasteiger partial charge >= 0.3 is 6.09 Å². The zero-order valence-electron chi connectivity index (χ0n) is 20.6. The Balaban J connectivity index is 0.00000900. The summed E-state index contributed by atoms with van der Waals surface area (Å²) in [6.07, 6.45) is 3.90. The third kappa shape index (κ3) is 11.8. The molecule has 31 heavy (non-hydrogen) atoms. The molecule has 0 unspecified atom stereocenters. The summed E-state index contributed by atoms with van der Waals surface area (Å²) in [7, 11) is 3.50. The lowest BCUT2D eigenvalue weighted by Gasteiger charge is -2.36. The average molecular weight is 554 g/mol. The number of likely N-dealkylation sites (N-methyl/N-ethyl adjacent to an activating group) is 1. The number of likely N-dealkylation sites (tertiary alicyclic amines) is 1. The molecule has 1 aliphatic heterocycles. The predicted molar refractivity (Wildman–Crippen MR) is 137 cm³/mol. The summed E-state index contributed by atoms with van der Waals surface area (Å²) in [5, 5.41) is 3.42. The van der Waals surface area contributed by atoms with Gasteiger partial charge in [-0.15, -0.1) is 24.0 Å². The first-order valence-corrected chi connectivity index (χ1v) is 11.3. The molecule has 1 fully saturated rings. The summed E-state index contributed by atoms with van der Waals surface area (Å²) < 4.78 is 5.53. The maximum atomic E-state index is 12.4. The Labute approximate surface area is 206 Å². The topological polar surface area (TPSA) is 77.5 Å². The molecule has 0 bridgehead atoms. The number of carbonyl (C=O) groups excluding carboxylic acids is 2. The number of hydrogen-bond acceptors (Lipinski definition) is 4. The van der Waals surface area contributed by atoms with Gasteiger partial charge in [0.05, 0.1) is 0 Å². The van der Waals surface area contributed by atoms with E-state index in [0.717, 1.165) is 51.3 Å². The van der Waals surface area contributed by atoms with Crippen molar-refractivity contribution in [1.29, 1.82) is 0 Å². The van der Waals surface area contributed by atoms with Crippen LogP contribution in [0.25, 0.3) is 0 Å². The highest BCUT2D eigenvalue weighted by Gasteiger charge is 2.27. The van der Waals surface area contributed by atoms with Gasteiger partial charge in [-0.2, -0.15) is 0 Å². The summed E-state index contributed by atoms with van der Waals surface area (Å²) in [6, 6.07) is 0. The Kier molecular flexibility index (Phi) is 14.1. The number of nitrogens with one attached hydrogen (secondary N) is 1. The Morgan fingerprint density at radius 1 is 1.16 bits per heavy atom. The molecule has 0 aromatic carbocycles. The maximum Gasteiger partial charge on any atom is 0.410 e. The van der Waals surface area contributed by atoms with Gasteiger partial charge in [-0.1, -0.05) is 13.3 Å². The van der Waals surface area contributed by atoms with Gasteiger partial charge in [0, 0.05) is 46.8 Å². The second-order valence-corrected chi connectivity index (χ2v) is 9.16. The van der Waals surface area contributed by atoms with Crippen LogP contribution in [0.5, 0.6) is 0 Å². The lowest BCUT2D eigenvalue weighted by Crippen LogP contribution is -2.48. The zero-order valence-corrected chi connectivity index (χ0v) is 22.9. The molecule has 9 heteroatoms. The minimum absolute atomic E-state index is 0. The van der Waals surface area contributed by atoms with Crippen LogP contribution in [0.4, 0.5) is 4.79 Å². The van der Waals surface area contributed by atoms with E-state index in [1.54, 1.807) is 23.9 Å². The van der Waals surface area contributed by atoms with E-state index in [4.69, 9.17) is 4.74 Å². The van der Waals surface area contributed by atoms with E-state index < -0.39 is 5.60 Å². The largest absolute Gasteiger partial charge is 0.444 e. The number of ether oxygens (including phenoxy) is 1. The van der Waals surface area contributed by atoms with E-state index in [1.807, 2.05) is 27.7 Å². The minimum Gasteiger partial charge on any atom is -0.444 e. The number of aliphatic imine (C=N–C) groups is 1. The molecule has 0 saturated carbocycles. The lowest BCUT2D eigenvalue weighted by atomic mass is 9.96. The summed E-state index contributed by atoms with van der Waals surface area (Å²) >= 11 is 0. The SMILES string of the molecule is CCCCNC(=NCC(=O)N(C)C)N1CCC(CN(CC)C(=O)OC(C)(C)C)CC1.I. The van der Waals surface area contributed by atoms with Crippen molar-refractivity contribution in [2.24, 2.45) is 10.9 Å². The van der Waals surface area contributed by atoms with E-state index in [1.165, 1.54) is 0 Å². The van der Waals surface area contributed by atoms with Gasteiger partial charge in [0.25, 0.3) is 0 Å². The molecule has 0 aliphatic carbocycles. The molecule has 2 amide bonds. The van der Waals surface area contributed by atoms with Crippen LogP contribution in [0.1, 0.15) is 60.3 Å². The number of rotatable bonds is 8. The zero-order chi connectivity index (χ0) is 22.7. The van der Waals surface area contributed by atoms with Crippen molar-refractivity contribution in [3.05, 3.63) is 0 Å². The van der Waals surface area contributed by atoms with Gasteiger partial charge in [-0.3, -0.25) is 4.79 Å². The van der Waals surface area contributed by atoms with Crippen LogP contribution in [-0.2, 0) is 9.53 Å². The van der Waals surface area contributed by atoms with Crippen molar-refractivity contribution in [3.63, 3.8) is 0 Å². The fourth-order valence-corrected chi connectivity index (χ4v) is 3.23. The fraction of sp³-hybridized carbons (Fsp3) is 0.864. The highest BCUT2D eigenvalue weighted by Crippen LogP contribution is 2.20. The van der Waals surface area contributed by atoms with Crippen molar-refractivity contribution in [2.75, 3.05) is 53.4 Å². The van der Waals surface area contributed by atoms with E-state index >= 15 is 0 Å². The molecule has 8 nitrogen and oxygen atoms in total. The normalized spacial score (nSPS) is 15.2. The second kappa shape index (κ2) is 14.7. The number of amides is 2. The van der Waals surface area contributed by atoms with E-state index in [2.05, 4.69) is 22.1 Å². The molecule has 1 heterocycles. The molecular weight excluding hydrogens is 509 g/mol. The third-order valence-electron chi connectivity index (χ3n) is 5.10. The van der Waals surface area contributed by atoms with Crippen molar-refractivity contribution < 1.29 is 14.3 Å². The Morgan fingerprint density at radius 2 is 1.77 bits per heavy atom. The number of nitrogens with zero attached hydrogens (tertiary/aromatic N) is 4. The monoisotopic (exact) mass is 553 g/mol. The Bertz CT molecular complexity index is 570. The molecular formula is C22H44IN5O3. The molecule has 182 valence electrons. The summed E-state index contributed by atoms with van der Waals surface area (Å²) in [4.78, 5) is 34.5. The van der Waals surface area contributed by atoms with Gasteiger partial charge in [0.2, 0.25) is 5.91 Å². The maximum absolute atomic E-state index is 12.4. The molecule has 0 aromatic rings. The molecule has 1 rings (SSSR count). The van der Waals surface area contributed by atoms with E-state index in [-0.39, 0.29) is 42.5 Å². The highest BCUT2D eigenvalue weighted by atomic mass is 127. The van der Waals surface area contributed by atoms with Crippen molar-refractivity contribution in [3.8, 4) is 0 Å². The van der Waals surface area contributed by atoms with Crippen LogP contribution >= 0.6 is 24.0 Å². The van der Waals surface area contributed by atoms with Crippen molar-refractivity contribution in [1.82, 2.24) is 20.0 Å². The van der Waals surface area contributed by atoms with Gasteiger partial charge in [0.1, 0.15) is 12.1 Å². The molecule has 0 spiro atoms. The standard InChI is InChI=1S/C22H43N5O3.HI/c1-8-10-13-23-20(24-16-19(28)25(6)7)27-14-11-18(12-15-27)17-26(9-2)21(29)30-22(3,4)5;/h18H,8-17H2,1-7H3,(H,23,24);1H. The smallest absolute Gasteiger partial charge is 0.410 e. The number of piperidine rings is 1. The fourth-order valence-electron chi connectivity index (χ4n) is 3.23. The number of halogens is 1. The first-order valence-electron chi connectivity index (χ1n) is 11.3. The van der Waals surface area contributed by atoms with E-state index in [0.29, 0.717) is 19.0 Å². The first kappa shape index (κ1) is 29.7. The lowest BCUT2D eigenvalue weighted by molar-refractivity contribution is -0.127. The molecule has 0 atom stereocenters. The Hall–Kier alpha value is -1.26. The van der Waals surface area contributed by atoms with Gasteiger partial charge in [-0.25, -0.2) is 9.79 Å². The van der Waals surface area contributed by atoms with Crippen LogP contribution in [0, 0.1) is 5.92 Å². The summed E-state index contributed by atoms with van der Waals surface area (Å²) in [5.74, 6) is 1.25. The van der Waals surface area contributed by atoms with Gasteiger partial charge in [-0.05, 0) is 52.9 Å². The quantitative estimate of drug-likeness (QED) is 0.216. The van der Waals surface area contributed by atoms with Crippen LogP contribution in [0.3, 0.4) is 0 Å². The predicted octanol–water partition coefficient (Wildman–Crippen LogP) is 3.41. The van der Waals surface area contributed by atoms with Gasteiger partial charge in [0.15, 0.2) is 5.96 Å². The molecule has 0 radical (unpaired) electrons.